The van der Waals surface area contributed by atoms with Crippen LogP contribution in [0.1, 0.15) is 25.2 Å². The summed E-state index contributed by atoms with van der Waals surface area (Å²) in [5.41, 5.74) is 2.07. The molecule has 30 heavy (non-hydrogen) atoms. The molecule has 6 nitrogen and oxygen atoms in total. The van der Waals surface area contributed by atoms with E-state index in [2.05, 4.69) is 15.6 Å². The minimum atomic E-state index is -0.158. The number of carbonyl (C=O) groups is 2. The minimum absolute atomic E-state index is 0.0528. The second-order valence-electron chi connectivity index (χ2n) is 7.13. The van der Waals surface area contributed by atoms with Crippen LogP contribution in [-0.2, 0) is 16.0 Å². The molecule has 0 atom stereocenters. The van der Waals surface area contributed by atoms with Crippen LogP contribution in [0.4, 0.5) is 11.4 Å². The van der Waals surface area contributed by atoms with Crippen molar-refractivity contribution < 1.29 is 14.0 Å². The van der Waals surface area contributed by atoms with Crippen molar-refractivity contribution in [3.05, 3.63) is 64.6 Å². The maximum atomic E-state index is 12.2. The summed E-state index contributed by atoms with van der Waals surface area (Å²) in [7, 11) is 0. The number of benzene rings is 2. The van der Waals surface area contributed by atoms with Gasteiger partial charge in [-0.3, -0.25) is 9.59 Å². The Labute approximate surface area is 183 Å². The molecule has 0 bridgehead atoms. The molecular formula is C22H19Cl2N3O3. The van der Waals surface area contributed by atoms with Gasteiger partial charge in [-0.15, -0.1) is 0 Å². The number of aryl methyl sites for hydroxylation is 1. The van der Waals surface area contributed by atoms with Crippen molar-refractivity contribution in [1.82, 2.24) is 4.98 Å². The molecule has 0 radical (unpaired) electrons. The van der Waals surface area contributed by atoms with E-state index in [1.165, 1.54) is 0 Å². The first-order valence-corrected chi connectivity index (χ1v) is 10.3. The van der Waals surface area contributed by atoms with E-state index in [1.807, 2.05) is 0 Å². The molecule has 3 aromatic rings. The van der Waals surface area contributed by atoms with Gasteiger partial charge >= 0.3 is 0 Å². The molecule has 1 aliphatic carbocycles. The van der Waals surface area contributed by atoms with Crippen LogP contribution in [-0.4, -0.2) is 16.8 Å². The van der Waals surface area contributed by atoms with E-state index in [0.717, 1.165) is 18.5 Å². The Hall–Kier alpha value is -2.83. The number of nitrogens with zero attached hydrogens (tertiary/aromatic N) is 1. The fraction of sp³-hybridized carbons (Fsp3) is 0.227. The fourth-order valence-electron chi connectivity index (χ4n) is 2.91. The van der Waals surface area contributed by atoms with Crippen LogP contribution in [0, 0.1) is 5.92 Å². The quantitative estimate of drug-likeness (QED) is 0.499. The number of oxazole rings is 1. The zero-order valence-corrected chi connectivity index (χ0v) is 17.5. The van der Waals surface area contributed by atoms with Crippen LogP contribution in [0.25, 0.3) is 11.3 Å². The Morgan fingerprint density at radius 1 is 1.03 bits per heavy atom. The second-order valence-corrected chi connectivity index (χ2v) is 7.98. The number of carbonyl (C=O) groups excluding carboxylic acids is 2. The number of aromatic nitrogens is 1. The van der Waals surface area contributed by atoms with Crippen molar-refractivity contribution in [2.75, 3.05) is 10.6 Å². The SMILES string of the molecule is O=C(CCc1ncc(-c2ccc(Cl)cc2Cl)o1)Nc1ccc(NC(=O)C2CC2)cc1. The first-order valence-electron chi connectivity index (χ1n) is 9.59. The molecule has 1 saturated carbocycles. The predicted octanol–water partition coefficient (Wildman–Crippen LogP) is 5.57. The maximum absolute atomic E-state index is 12.2. The third kappa shape index (κ3) is 5.20. The number of hydrogen-bond donors (Lipinski definition) is 2. The molecule has 0 unspecified atom stereocenters. The summed E-state index contributed by atoms with van der Waals surface area (Å²) in [4.78, 5) is 28.2. The summed E-state index contributed by atoms with van der Waals surface area (Å²) in [6.45, 7) is 0. The number of nitrogens with one attached hydrogen (secondary N) is 2. The molecule has 1 aromatic heterocycles. The highest BCUT2D eigenvalue weighted by atomic mass is 35.5. The Bertz CT molecular complexity index is 1080. The van der Waals surface area contributed by atoms with Gasteiger partial charge in [0.05, 0.1) is 11.2 Å². The molecule has 1 fully saturated rings. The largest absolute Gasteiger partial charge is 0.441 e. The average Bonchev–Trinajstić information content (AvgIpc) is 3.47. The Balaban J connectivity index is 1.28. The lowest BCUT2D eigenvalue weighted by atomic mass is 10.2. The summed E-state index contributed by atoms with van der Waals surface area (Å²) >= 11 is 12.1. The summed E-state index contributed by atoms with van der Waals surface area (Å²) in [6, 6.07) is 12.2. The molecule has 0 spiro atoms. The van der Waals surface area contributed by atoms with Gasteiger partial charge in [-0.1, -0.05) is 23.2 Å². The van der Waals surface area contributed by atoms with Crippen LogP contribution in [0.3, 0.4) is 0 Å². The fourth-order valence-corrected chi connectivity index (χ4v) is 3.41. The Morgan fingerprint density at radius 2 is 1.73 bits per heavy atom. The molecule has 0 aliphatic heterocycles. The van der Waals surface area contributed by atoms with Crippen LogP contribution in [0.2, 0.25) is 10.0 Å². The van der Waals surface area contributed by atoms with Crippen molar-refractivity contribution >= 4 is 46.4 Å². The number of amides is 2. The van der Waals surface area contributed by atoms with Crippen LogP contribution >= 0.6 is 23.2 Å². The lowest BCUT2D eigenvalue weighted by Crippen LogP contribution is -2.14. The van der Waals surface area contributed by atoms with E-state index in [9.17, 15) is 9.59 Å². The van der Waals surface area contributed by atoms with Crippen molar-refractivity contribution in [2.24, 2.45) is 5.92 Å². The lowest BCUT2D eigenvalue weighted by Gasteiger charge is -2.07. The van der Waals surface area contributed by atoms with E-state index in [-0.39, 0.29) is 24.2 Å². The molecule has 8 heteroatoms. The van der Waals surface area contributed by atoms with E-state index in [0.29, 0.717) is 39.4 Å². The van der Waals surface area contributed by atoms with E-state index < -0.39 is 0 Å². The van der Waals surface area contributed by atoms with Gasteiger partial charge in [-0.2, -0.15) is 0 Å². The monoisotopic (exact) mass is 443 g/mol. The first-order chi connectivity index (χ1) is 14.5. The molecular weight excluding hydrogens is 425 g/mol. The second kappa shape index (κ2) is 8.90. The van der Waals surface area contributed by atoms with Gasteiger partial charge in [0.2, 0.25) is 11.8 Å². The normalized spacial score (nSPS) is 13.1. The third-order valence-electron chi connectivity index (χ3n) is 4.70. The molecule has 2 N–H and O–H groups in total. The summed E-state index contributed by atoms with van der Waals surface area (Å²) in [6.07, 6.45) is 4.06. The van der Waals surface area contributed by atoms with Crippen molar-refractivity contribution in [2.45, 2.75) is 25.7 Å². The van der Waals surface area contributed by atoms with E-state index in [1.54, 1.807) is 48.7 Å². The molecule has 1 aliphatic rings. The van der Waals surface area contributed by atoms with E-state index in [4.69, 9.17) is 27.6 Å². The highest BCUT2D eigenvalue weighted by Gasteiger charge is 2.29. The predicted molar refractivity (Wildman–Crippen MR) is 117 cm³/mol. The number of anilines is 2. The highest BCUT2D eigenvalue weighted by Crippen LogP contribution is 2.31. The van der Waals surface area contributed by atoms with Crippen LogP contribution in [0.5, 0.6) is 0 Å². The number of halogens is 2. The van der Waals surface area contributed by atoms with Crippen molar-refractivity contribution in [1.29, 1.82) is 0 Å². The van der Waals surface area contributed by atoms with Gasteiger partial charge in [-0.25, -0.2) is 4.98 Å². The molecule has 2 amide bonds. The first kappa shape index (κ1) is 20.4. The van der Waals surface area contributed by atoms with Gasteiger partial charge in [0.1, 0.15) is 0 Å². The lowest BCUT2D eigenvalue weighted by molar-refractivity contribution is -0.117. The molecule has 0 saturated heterocycles. The summed E-state index contributed by atoms with van der Waals surface area (Å²) in [5, 5.41) is 6.70. The Morgan fingerprint density at radius 3 is 2.40 bits per heavy atom. The van der Waals surface area contributed by atoms with Crippen molar-refractivity contribution in [3.63, 3.8) is 0 Å². The molecule has 4 rings (SSSR count). The molecule has 1 heterocycles. The zero-order valence-electron chi connectivity index (χ0n) is 16.0. The molecule has 154 valence electrons. The standard InChI is InChI=1S/C22H19Cl2N3O3/c23-14-3-8-17(18(24)11-14)19-12-25-21(30-19)10-9-20(28)26-15-4-6-16(7-5-15)27-22(29)13-1-2-13/h3-8,11-13H,1-2,9-10H2,(H,26,28)(H,27,29). The summed E-state index contributed by atoms with van der Waals surface area (Å²) in [5.74, 6) is 1.02. The van der Waals surface area contributed by atoms with Gasteiger partial charge in [-0.05, 0) is 55.3 Å². The minimum Gasteiger partial charge on any atom is -0.441 e. The van der Waals surface area contributed by atoms with Crippen LogP contribution in [0.15, 0.2) is 53.1 Å². The number of rotatable bonds is 7. The van der Waals surface area contributed by atoms with E-state index >= 15 is 0 Å². The maximum Gasteiger partial charge on any atom is 0.227 e. The van der Waals surface area contributed by atoms with Crippen molar-refractivity contribution in [3.8, 4) is 11.3 Å². The Kier molecular flexibility index (Phi) is 6.06. The topological polar surface area (TPSA) is 84.2 Å². The highest BCUT2D eigenvalue weighted by molar-refractivity contribution is 6.36. The zero-order chi connectivity index (χ0) is 21.1. The number of hydrogen-bond acceptors (Lipinski definition) is 4. The van der Waals surface area contributed by atoms with Gasteiger partial charge < -0.3 is 15.1 Å². The van der Waals surface area contributed by atoms with Gasteiger partial charge in [0.15, 0.2) is 11.7 Å². The summed E-state index contributed by atoms with van der Waals surface area (Å²) < 4.78 is 5.71. The molecule has 2 aromatic carbocycles. The third-order valence-corrected chi connectivity index (χ3v) is 5.25. The smallest absolute Gasteiger partial charge is 0.227 e. The average molecular weight is 444 g/mol. The van der Waals surface area contributed by atoms with Gasteiger partial charge in [0.25, 0.3) is 0 Å². The van der Waals surface area contributed by atoms with Gasteiger partial charge in [0, 0.05) is 40.7 Å². The van der Waals surface area contributed by atoms with Crippen LogP contribution < -0.4 is 10.6 Å².